The van der Waals surface area contributed by atoms with E-state index in [1.807, 2.05) is 42.5 Å². The van der Waals surface area contributed by atoms with Gasteiger partial charge in [0.1, 0.15) is 17.9 Å². The first-order valence-corrected chi connectivity index (χ1v) is 9.45. The zero-order valence-electron chi connectivity index (χ0n) is 17.7. The predicted molar refractivity (Wildman–Crippen MR) is 119 cm³/mol. The van der Waals surface area contributed by atoms with Gasteiger partial charge in [-0.25, -0.2) is 15.0 Å². The van der Waals surface area contributed by atoms with Crippen molar-refractivity contribution < 1.29 is 18.9 Å². The van der Waals surface area contributed by atoms with Gasteiger partial charge in [-0.05, 0) is 41.5 Å². The van der Waals surface area contributed by atoms with Crippen LogP contribution in [-0.2, 0) is 0 Å². The largest absolute Gasteiger partial charge is 0.497 e. The van der Waals surface area contributed by atoms with Crippen LogP contribution in [-0.4, -0.2) is 43.4 Å². The number of aromatic nitrogens is 3. The predicted octanol–water partition coefficient (Wildman–Crippen LogP) is 3.98. The Hall–Kier alpha value is -4.07. The van der Waals surface area contributed by atoms with E-state index >= 15 is 0 Å². The van der Waals surface area contributed by atoms with E-state index in [4.69, 9.17) is 29.7 Å². The molecule has 2 aromatic heterocycles. The molecule has 2 N–H and O–H groups in total. The lowest BCUT2D eigenvalue weighted by molar-refractivity contribution is 0.324. The molecule has 0 amide bonds. The molecule has 8 heteroatoms. The maximum absolute atomic E-state index is 6.23. The van der Waals surface area contributed by atoms with E-state index in [0.717, 1.165) is 22.4 Å². The molecule has 0 aliphatic rings. The number of nitrogens with zero attached hydrogens (tertiary/aromatic N) is 3. The quantitative estimate of drug-likeness (QED) is 0.502. The van der Waals surface area contributed by atoms with Crippen molar-refractivity contribution in [2.45, 2.75) is 0 Å². The summed E-state index contributed by atoms with van der Waals surface area (Å²) >= 11 is 0. The third-order valence-corrected chi connectivity index (χ3v) is 4.97. The van der Waals surface area contributed by atoms with Crippen LogP contribution >= 0.6 is 0 Å². The Morgan fingerprint density at radius 2 is 1.52 bits per heavy atom. The SMILES string of the molecule is COc1cccc(-c2cc(-c3cc(OC)c(OC)c(OC)c3)c3c(N)ncnc3n2)c1. The minimum absolute atomic E-state index is 0.332. The molecule has 31 heavy (non-hydrogen) atoms. The van der Waals surface area contributed by atoms with E-state index in [1.54, 1.807) is 28.4 Å². The van der Waals surface area contributed by atoms with Gasteiger partial charge in [-0.1, -0.05) is 12.1 Å². The molecule has 0 spiro atoms. The molecule has 2 aromatic carbocycles. The van der Waals surface area contributed by atoms with Crippen LogP contribution in [0.4, 0.5) is 5.82 Å². The highest BCUT2D eigenvalue weighted by Gasteiger charge is 2.19. The molecule has 0 fully saturated rings. The fraction of sp³-hybridized carbons (Fsp3) is 0.174. The topological polar surface area (TPSA) is 102 Å². The van der Waals surface area contributed by atoms with Gasteiger partial charge in [0.05, 0.1) is 39.5 Å². The Kier molecular flexibility index (Phi) is 5.44. The Bertz CT molecular complexity index is 1230. The maximum Gasteiger partial charge on any atom is 0.203 e. The number of rotatable bonds is 6. The summed E-state index contributed by atoms with van der Waals surface area (Å²) in [5.74, 6) is 2.62. The lowest BCUT2D eigenvalue weighted by Crippen LogP contribution is -2.00. The van der Waals surface area contributed by atoms with Crippen LogP contribution in [0.5, 0.6) is 23.0 Å². The van der Waals surface area contributed by atoms with Crippen LogP contribution < -0.4 is 24.7 Å². The molecule has 158 valence electrons. The van der Waals surface area contributed by atoms with E-state index in [2.05, 4.69) is 9.97 Å². The van der Waals surface area contributed by atoms with E-state index in [1.165, 1.54) is 6.33 Å². The number of hydrogen-bond acceptors (Lipinski definition) is 8. The summed E-state index contributed by atoms with van der Waals surface area (Å²) in [6.07, 6.45) is 1.40. The third kappa shape index (κ3) is 3.63. The minimum atomic E-state index is 0.332. The van der Waals surface area contributed by atoms with Crippen molar-refractivity contribution in [2.75, 3.05) is 34.2 Å². The van der Waals surface area contributed by atoms with Crippen LogP contribution in [0.25, 0.3) is 33.4 Å². The average molecular weight is 418 g/mol. The molecule has 0 bridgehead atoms. The highest BCUT2D eigenvalue weighted by molar-refractivity contribution is 6.01. The van der Waals surface area contributed by atoms with Crippen LogP contribution in [0, 0.1) is 0 Å². The summed E-state index contributed by atoms with van der Waals surface area (Å²) < 4.78 is 21.9. The van der Waals surface area contributed by atoms with E-state index in [9.17, 15) is 0 Å². The zero-order chi connectivity index (χ0) is 22.0. The van der Waals surface area contributed by atoms with Crippen molar-refractivity contribution in [3.63, 3.8) is 0 Å². The molecule has 0 unspecified atom stereocenters. The smallest absolute Gasteiger partial charge is 0.203 e. The summed E-state index contributed by atoms with van der Waals surface area (Å²) in [5.41, 5.74) is 9.90. The monoisotopic (exact) mass is 418 g/mol. The molecule has 0 saturated carbocycles. The number of hydrogen-bond donors (Lipinski definition) is 1. The zero-order valence-corrected chi connectivity index (χ0v) is 17.7. The van der Waals surface area contributed by atoms with Crippen molar-refractivity contribution in [3.8, 4) is 45.4 Å². The number of benzene rings is 2. The van der Waals surface area contributed by atoms with Gasteiger partial charge in [-0.2, -0.15) is 0 Å². The summed E-state index contributed by atoms with van der Waals surface area (Å²) in [7, 11) is 6.34. The number of nitrogens with two attached hydrogens (primary N) is 1. The number of methoxy groups -OCH3 is 4. The highest BCUT2D eigenvalue weighted by atomic mass is 16.5. The maximum atomic E-state index is 6.23. The molecule has 2 heterocycles. The number of pyridine rings is 1. The second kappa shape index (κ2) is 8.35. The van der Waals surface area contributed by atoms with Gasteiger partial charge in [0, 0.05) is 5.56 Å². The standard InChI is InChI=1S/C23H22N4O4/c1-28-15-7-5-6-13(8-15)17-11-16(20-22(24)25-12-26-23(20)27-17)14-9-18(29-2)21(31-4)19(10-14)30-3/h5-12H,1-4H3,(H2,24,25,26,27). The van der Waals surface area contributed by atoms with Gasteiger partial charge in [-0.3, -0.25) is 0 Å². The number of anilines is 1. The summed E-state index contributed by atoms with van der Waals surface area (Å²) in [6.45, 7) is 0. The first kappa shape index (κ1) is 20.2. The Morgan fingerprint density at radius 1 is 0.774 bits per heavy atom. The summed E-state index contributed by atoms with van der Waals surface area (Å²) in [6, 6.07) is 13.3. The molecular weight excluding hydrogens is 396 g/mol. The highest BCUT2D eigenvalue weighted by Crippen LogP contribution is 2.43. The first-order chi connectivity index (χ1) is 15.1. The van der Waals surface area contributed by atoms with E-state index in [-0.39, 0.29) is 0 Å². The first-order valence-electron chi connectivity index (χ1n) is 9.45. The number of nitrogen functional groups attached to an aromatic ring is 1. The molecule has 0 radical (unpaired) electrons. The van der Waals surface area contributed by atoms with E-state index in [0.29, 0.717) is 39.8 Å². The second-order valence-corrected chi connectivity index (χ2v) is 6.66. The van der Waals surface area contributed by atoms with Crippen molar-refractivity contribution in [3.05, 3.63) is 48.8 Å². The molecule has 8 nitrogen and oxygen atoms in total. The molecule has 4 rings (SSSR count). The van der Waals surface area contributed by atoms with Crippen molar-refractivity contribution in [1.82, 2.24) is 15.0 Å². The number of ether oxygens (including phenoxy) is 4. The second-order valence-electron chi connectivity index (χ2n) is 6.66. The van der Waals surface area contributed by atoms with Crippen molar-refractivity contribution >= 4 is 16.9 Å². The minimum Gasteiger partial charge on any atom is -0.497 e. The van der Waals surface area contributed by atoms with Crippen LogP contribution in [0.2, 0.25) is 0 Å². The Balaban J connectivity index is 2.03. The average Bonchev–Trinajstić information content (AvgIpc) is 2.82. The van der Waals surface area contributed by atoms with Crippen molar-refractivity contribution in [1.29, 1.82) is 0 Å². The third-order valence-electron chi connectivity index (χ3n) is 4.97. The summed E-state index contributed by atoms with van der Waals surface area (Å²) in [4.78, 5) is 13.2. The van der Waals surface area contributed by atoms with Gasteiger partial charge in [0.15, 0.2) is 17.1 Å². The molecule has 4 aromatic rings. The molecule has 0 saturated heterocycles. The van der Waals surface area contributed by atoms with E-state index < -0.39 is 0 Å². The van der Waals surface area contributed by atoms with Crippen molar-refractivity contribution in [2.24, 2.45) is 0 Å². The molecule has 0 atom stereocenters. The van der Waals surface area contributed by atoms with Crippen LogP contribution in [0.3, 0.4) is 0 Å². The van der Waals surface area contributed by atoms with Gasteiger partial charge in [0.2, 0.25) is 5.75 Å². The van der Waals surface area contributed by atoms with Gasteiger partial charge < -0.3 is 24.7 Å². The lowest BCUT2D eigenvalue weighted by atomic mass is 9.99. The van der Waals surface area contributed by atoms with Gasteiger partial charge in [-0.15, -0.1) is 0 Å². The van der Waals surface area contributed by atoms with Gasteiger partial charge >= 0.3 is 0 Å². The summed E-state index contributed by atoms with van der Waals surface area (Å²) in [5, 5.41) is 0.642. The lowest BCUT2D eigenvalue weighted by Gasteiger charge is -2.16. The fourth-order valence-corrected chi connectivity index (χ4v) is 3.48. The molecule has 0 aliphatic carbocycles. The Labute approximate surface area is 179 Å². The number of fused-ring (bicyclic) bond motifs is 1. The fourth-order valence-electron chi connectivity index (χ4n) is 3.48. The van der Waals surface area contributed by atoms with Gasteiger partial charge in [0.25, 0.3) is 0 Å². The molecule has 0 aliphatic heterocycles. The molecular formula is C23H22N4O4. The van der Waals surface area contributed by atoms with Crippen LogP contribution in [0.1, 0.15) is 0 Å². The van der Waals surface area contributed by atoms with Crippen LogP contribution in [0.15, 0.2) is 48.8 Å². The normalized spacial score (nSPS) is 10.7. The Morgan fingerprint density at radius 3 is 2.16 bits per heavy atom.